The summed E-state index contributed by atoms with van der Waals surface area (Å²) in [6.45, 7) is 8.81. The van der Waals surface area contributed by atoms with Crippen molar-refractivity contribution in [2.24, 2.45) is 16.7 Å². The highest BCUT2D eigenvalue weighted by molar-refractivity contribution is 7.89. The number of hydrogen-bond acceptors (Lipinski definition) is 2. The Labute approximate surface area is 92.9 Å². The molecular weight excluding hydrogens is 210 g/mol. The Morgan fingerprint density at radius 2 is 1.80 bits per heavy atom. The van der Waals surface area contributed by atoms with Crippen LogP contribution in [0, 0.1) is 16.7 Å². The van der Waals surface area contributed by atoms with Crippen LogP contribution in [0.2, 0.25) is 0 Å². The molecule has 1 aliphatic carbocycles. The van der Waals surface area contributed by atoms with Crippen molar-refractivity contribution in [1.82, 2.24) is 4.31 Å². The lowest BCUT2D eigenvalue weighted by molar-refractivity contribution is 0.0989. The lowest BCUT2D eigenvalue weighted by Crippen LogP contribution is -2.40. The second-order valence-corrected chi connectivity index (χ2v) is 8.09. The molecule has 2 rings (SSSR count). The minimum Gasteiger partial charge on any atom is -0.212 e. The van der Waals surface area contributed by atoms with Crippen molar-refractivity contribution in [3.8, 4) is 0 Å². The van der Waals surface area contributed by atoms with E-state index in [0.29, 0.717) is 11.7 Å². The molecule has 2 aliphatic rings. The molecule has 2 fully saturated rings. The maximum absolute atomic E-state index is 11.9. The summed E-state index contributed by atoms with van der Waals surface area (Å²) in [5, 5.41) is 0. The number of fused-ring (bicyclic) bond motifs is 1. The first-order valence-electron chi connectivity index (χ1n) is 5.58. The van der Waals surface area contributed by atoms with Crippen molar-refractivity contribution in [1.29, 1.82) is 0 Å². The van der Waals surface area contributed by atoms with Gasteiger partial charge < -0.3 is 0 Å². The highest BCUT2D eigenvalue weighted by Crippen LogP contribution is 2.60. The maximum Gasteiger partial charge on any atom is 0.214 e. The first-order valence-corrected chi connectivity index (χ1v) is 7.19. The molecule has 4 heteroatoms. The van der Waals surface area contributed by atoms with Crippen LogP contribution >= 0.6 is 0 Å². The van der Waals surface area contributed by atoms with Gasteiger partial charge in [0.05, 0.1) is 5.75 Å². The van der Waals surface area contributed by atoms with Crippen LogP contribution in [-0.2, 0) is 10.0 Å². The SMILES string of the molecule is C[C@H]1CC2N(C)S(=O)(=O)CC2(C)C1(C)C. The molecule has 1 saturated carbocycles. The predicted octanol–water partition coefficient (Wildman–Crippen LogP) is 1.70. The van der Waals surface area contributed by atoms with Crippen molar-refractivity contribution in [2.45, 2.75) is 40.2 Å². The summed E-state index contributed by atoms with van der Waals surface area (Å²) >= 11 is 0. The minimum atomic E-state index is -3.00. The van der Waals surface area contributed by atoms with E-state index in [0.717, 1.165) is 6.42 Å². The third-order valence-corrected chi connectivity index (χ3v) is 7.47. The Hall–Kier alpha value is -0.0900. The Balaban J connectivity index is 2.51. The summed E-state index contributed by atoms with van der Waals surface area (Å²) in [5.41, 5.74) is 0.0233. The molecule has 0 amide bonds. The second kappa shape index (κ2) is 2.77. The zero-order valence-electron chi connectivity index (χ0n) is 10.2. The van der Waals surface area contributed by atoms with E-state index < -0.39 is 10.0 Å². The molecule has 2 unspecified atom stereocenters. The number of hydrogen-bond donors (Lipinski definition) is 0. The molecule has 3 nitrogen and oxygen atoms in total. The summed E-state index contributed by atoms with van der Waals surface area (Å²) in [6, 6.07) is 0.201. The molecule has 1 saturated heterocycles. The maximum atomic E-state index is 11.9. The number of sulfonamides is 1. The topological polar surface area (TPSA) is 37.4 Å². The molecule has 88 valence electrons. The van der Waals surface area contributed by atoms with E-state index in [1.165, 1.54) is 0 Å². The summed E-state index contributed by atoms with van der Waals surface area (Å²) in [7, 11) is -1.27. The van der Waals surface area contributed by atoms with Gasteiger partial charge in [-0.15, -0.1) is 0 Å². The van der Waals surface area contributed by atoms with Crippen LogP contribution in [-0.4, -0.2) is 31.6 Å². The Morgan fingerprint density at radius 3 is 2.27 bits per heavy atom. The fraction of sp³-hybridized carbons (Fsp3) is 1.00. The third kappa shape index (κ3) is 1.18. The third-order valence-electron chi connectivity index (χ3n) is 5.38. The van der Waals surface area contributed by atoms with Gasteiger partial charge in [-0.3, -0.25) is 0 Å². The first kappa shape index (κ1) is 11.4. The molecule has 0 spiro atoms. The van der Waals surface area contributed by atoms with E-state index in [4.69, 9.17) is 0 Å². The van der Waals surface area contributed by atoms with Gasteiger partial charge in [0.15, 0.2) is 0 Å². The molecule has 0 aromatic heterocycles. The average molecular weight is 231 g/mol. The van der Waals surface area contributed by atoms with E-state index in [9.17, 15) is 8.42 Å². The summed E-state index contributed by atoms with van der Waals surface area (Å²) in [5.74, 6) is 0.906. The van der Waals surface area contributed by atoms with Crippen LogP contribution in [0.5, 0.6) is 0 Å². The van der Waals surface area contributed by atoms with Crippen LogP contribution in [0.3, 0.4) is 0 Å². The van der Waals surface area contributed by atoms with Gasteiger partial charge in [0.2, 0.25) is 10.0 Å². The number of nitrogens with zero attached hydrogens (tertiary/aromatic N) is 1. The van der Waals surface area contributed by atoms with Gasteiger partial charge in [-0.25, -0.2) is 12.7 Å². The number of rotatable bonds is 0. The second-order valence-electron chi connectivity index (χ2n) is 6.06. The largest absolute Gasteiger partial charge is 0.214 e. The molecule has 15 heavy (non-hydrogen) atoms. The molecule has 1 heterocycles. The molecule has 0 bridgehead atoms. The quantitative estimate of drug-likeness (QED) is 0.636. The lowest BCUT2D eigenvalue weighted by Gasteiger charge is -2.39. The normalized spacial score (nSPS) is 48.1. The van der Waals surface area contributed by atoms with Gasteiger partial charge in [-0.05, 0) is 17.8 Å². The van der Waals surface area contributed by atoms with E-state index >= 15 is 0 Å². The van der Waals surface area contributed by atoms with Gasteiger partial charge >= 0.3 is 0 Å². The summed E-state index contributed by atoms with van der Waals surface area (Å²) < 4.78 is 25.4. The Bertz CT molecular complexity index is 387. The predicted molar refractivity (Wildman–Crippen MR) is 61.0 cm³/mol. The smallest absolute Gasteiger partial charge is 0.212 e. The molecular formula is C11H21NO2S. The Kier molecular flexibility index (Phi) is 2.11. The van der Waals surface area contributed by atoms with Crippen LogP contribution < -0.4 is 0 Å². The van der Waals surface area contributed by atoms with Crippen LogP contribution in [0.15, 0.2) is 0 Å². The lowest BCUT2D eigenvalue weighted by atomic mass is 9.66. The zero-order valence-corrected chi connectivity index (χ0v) is 11.1. The standard InChI is InChI=1S/C11H21NO2S/c1-8-6-9-11(4,10(8,2)3)7-15(13,14)12(9)5/h8-9H,6-7H2,1-5H3/t8-,9?,11?/m0/s1. The van der Waals surface area contributed by atoms with Crippen LogP contribution in [0.25, 0.3) is 0 Å². The average Bonchev–Trinajstić information content (AvgIpc) is 2.34. The van der Waals surface area contributed by atoms with Gasteiger partial charge in [0.25, 0.3) is 0 Å². The van der Waals surface area contributed by atoms with Gasteiger partial charge in [-0.1, -0.05) is 27.7 Å². The fourth-order valence-corrected chi connectivity index (χ4v) is 5.62. The highest BCUT2D eigenvalue weighted by Gasteiger charge is 2.64. The van der Waals surface area contributed by atoms with E-state index in [1.54, 1.807) is 11.4 Å². The highest BCUT2D eigenvalue weighted by atomic mass is 32.2. The minimum absolute atomic E-state index is 0.0833. The zero-order chi connectivity index (χ0) is 11.6. The van der Waals surface area contributed by atoms with E-state index in [-0.39, 0.29) is 16.9 Å². The monoisotopic (exact) mass is 231 g/mol. The Morgan fingerprint density at radius 1 is 1.27 bits per heavy atom. The van der Waals surface area contributed by atoms with Gasteiger partial charge in [-0.2, -0.15) is 0 Å². The van der Waals surface area contributed by atoms with Crippen molar-refractivity contribution in [2.75, 3.05) is 12.8 Å². The van der Waals surface area contributed by atoms with Crippen molar-refractivity contribution >= 4 is 10.0 Å². The molecule has 0 N–H and O–H groups in total. The van der Waals surface area contributed by atoms with Gasteiger partial charge in [0, 0.05) is 18.5 Å². The van der Waals surface area contributed by atoms with E-state index in [1.807, 2.05) is 0 Å². The first-order chi connectivity index (χ1) is 6.63. The molecule has 3 atom stereocenters. The molecule has 0 aromatic carbocycles. The molecule has 1 aliphatic heterocycles. The molecule has 0 aromatic rings. The van der Waals surface area contributed by atoms with E-state index in [2.05, 4.69) is 27.7 Å². The van der Waals surface area contributed by atoms with Crippen LogP contribution in [0.4, 0.5) is 0 Å². The van der Waals surface area contributed by atoms with Gasteiger partial charge in [0.1, 0.15) is 0 Å². The fourth-order valence-electron chi connectivity index (χ4n) is 3.39. The summed E-state index contributed by atoms with van der Waals surface area (Å²) in [6.07, 6.45) is 0.999. The summed E-state index contributed by atoms with van der Waals surface area (Å²) in [4.78, 5) is 0. The van der Waals surface area contributed by atoms with Crippen molar-refractivity contribution < 1.29 is 8.42 Å². The van der Waals surface area contributed by atoms with Crippen LogP contribution in [0.1, 0.15) is 34.1 Å². The molecule has 0 radical (unpaired) electrons. The van der Waals surface area contributed by atoms with Crippen molar-refractivity contribution in [3.63, 3.8) is 0 Å². The van der Waals surface area contributed by atoms with Crippen molar-refractivity contribution in [3.05, 3.63) is 0 Å².